The van der Waals surface area contributed by atoms with Crippen LogP contribution in [0.1, 0.15) is 16.7 Å². The van der Waals surface area contributed by atoms with Gasteiger partial charge in [0.25, 0.3) is 0 Å². The first-order chi connectivity index (χ1) is 9.62. The first kappa shape index (κ1) is 15.9. The topological polar surface area (TPSA) is 40.5 Å². The third-order valence-electron chi connectivity index (χ3n) is 2.53. The molecular formula is C15H15F3O2. The number of hydrogen-bond acceptors (Lipinski definition) is 2. The zero-order valence-electron chi connectivity index (χ0n) is 10.7. The second-order valence-corrected chi connectivity index (χ2v) is 4.00. The van der Waals surface area contributed by atoms with Crippen LogP contribution in [0.3, 0.4) is 0 Å². The fourth-order valence-corrected chi connectivity index (χ4v) is 1.54. The summed E-state index contributed by atoms with van der Waals surface area (Å²) in [5.41, 5.74) is 0.0451. The predicted octanol–water partition coefficient (Wildman–Crippen LogP) is 4.19. The van der Waals surface area contributed by atoms with E-state index in [2.05, 4.69) is 0 Å². The average molecular weight is 284 g/mol. The number of halogens is 3. The molecule has 0 fully saturated rings. The highest BCUT2D eigenvalue weighted by Gasteiger charge is 2.09. The number of para-hydroxylation sites is 1. The van der Waals surface area contributed by atoms with E-state index in [-0.39, 0.29) is 16.7 Å². The Balaban J connectivity index is 0.000000240. The smallest absolute Gasteiger partial charge is 0.127 e. The zero-order chi connectivity index (χ0) is 15.0. The summed E-state index contributed by atoms with van der Waals surface area (Å²) in [7, 11) is 0. The van der Waals surface area contributed by atoms with Gasteiger partial charge in [-0.3, -0.25) is 0 Å². The maximum Gasteiger partial charge on any atom is 0.127 e. The average Bonchev–Trinajstić information content (AvgIpc) is 2.49. The Morgan fingerprint density at radius 1 is 0.750 bits per heavy atom. The standard InChI is InChI=1S/C9H9F3O.C6H6O/c10-3-6-1-7(4-11)9(13)8(2-6)5-12;7-6-4-2-1-3-5-6/h1-2,13H,3-5H2;1-5,7H. The predicted molar refractivity (Wildman–Crippen MR) is 70.6 cm³/mol. The zero-order valence-corrected chi connectivity index (χ0v) is 10.7. The minimum Gasteiger partial charge on any atom is -0.508 e. The van der Waals surface area contributed by atoms with Crippen LogP contribution in [-0.4, -0.2) is 10.2 Å². The summed E-state index contributed by atoms with van der Waals surface area (Å²) in [6.45, 7) is -2.64. The minimum absolute atomic E-state index is 0.0669. The van der Waals surface area contributed by atoms with Crippen molar-refractivity contribution in [2.75, 3.05) is 0 Å². The largest absolute Gasteiger partial charge is 0.508 e. The fourth-order valence-electron chi connectivity index (χ4n) is 1.54. The molecule has 108 valence electrons. The number of aromatic hydroxyl groups is 2. The number of phenolic OH excluding ortho intramolecular Hbond substituents is 2. The Hall–Kier alpha value is -2.17. The van der Waals surface area contributed by atoms with E-state index in [1.807, 2.05) is 6.07 Å². The maximum atomic E-state index is 12.2. The van der Waals surface area contributed by atoms with Crippen LogP contribution in [0, 0.1) is 0 Å². The molecule has 20 heavy (non-hydrogen) atoms. The maximum absolute atomic E-state index is 12.2. The molecule has 0 unspecified atom stereocenters. The summed E-state index contributed by atoms with van der Waals surface area (Å²) in [4.78, 5) is 0. The van der Waals surface area contributed by atoms with Gasteiger partial charge in [0.05, 0.1) is 0 Å². The number of benzene rings is 2. The van der Waals surface area contributed by atoms with Gasteiger partial charge in [-0.1, -0.05) is 18.2 Å². The molecule has 2 rings (SSSR count). The van der Waals surface area contributed by atoms with E-state index in [4.69, 9.17) is 5.11 Å². The minimum atomic E-state index is -0.924. The highest BCUT2D eigenvalue weighted by Crippen LogP contribution is 2.26. The lowest BCUT2D eigenvalue weighted by atomic mass is 10.1. The van der Waals surface area contributed by atoms with E-state index in [0.29, 0.717) is 5.75 Å². The summed E-state index contributed by atoms with van der Waals surface area (Å²) >= 11 is 0. The fraction of sp³-hybridized carbons (Fsp3) is 0.200. The van der Waals surface area contributed by atoms with Crippen LogP contribution in [0.2, 0.25) is 0 Å². The second kappa shape index (κ2) is 8.09. The first-order valence-corrected chi connectivity index (χ1v) is 5.88. The van der Waals surface area contributed by atoms with E-state index in [9.17, 15) is 18.3 Å². The Kier molecular flexibility index (Phi) is 6.43. The van der Waals surface area contributed by atoms with Crippen molar-refractivity contribution in [2.24, 2.45) is 0 Å². The number of rotatable bonds is 3. The summed E-state index contributed by atoms with van der Waals surface area (Å²) in [5, 5.41) is 17.8. The van der Waals surface area contributed by atoms with Gasteiger partial charge in [-0.05, 0) is 29.8 Å². The van der Waals surface area contributed by atoms with Crippen molar-refractivity contribution in [3.05, 3.63) is 59.2 Å². The number of phenols is 2. The SMILES string of the molecule is Oc1c(CF)cc(CF)cc1CF.Oc1ccccc1. The highest BCUT2D eigenvalue weighted by molar-refractivity contribution is 5.43. The van der Waals surface area contributed by atoms with Gasteiger partial charge >= 0.3 is 0 Å². The molecule has 0 saturated heterocycles. The molecule has 2 aromatic carbocycles. The summed E-state index contributed by atoms with van der Waals surface area (Å²) in [6, 6.07) is 11.1. The number of alkyl halides is 3. The second-order valence-electron chi connectivity index (χ2n) is 4.00. The lowest BCUT2D eigenvalue weighted by Gasteiger charge is -2.06. The van der Waals surface area contributed by atoms with Crippen LogP contribution in [0.25, 0.3) is 0 Å². The van der Waals surface area contributed by atoms with Gasteiger partial charge in [0, 0.05) is 11.1 Å². The van der Waals surface area contributed by atoms with Gasteiger partial charge in [-0.25, -0.2) is 13.2 Å². The molecule has 0 spiro atoms. The molecule has 2 aromatic rings. The molecule has 0 amide bonds. The molecule has 0 saturated carbocycles. The van der Waals surface area contributed by atoms with Gasteiger partial charge in [0.2, 0.25) is 0 Å². The lowest BCUT2D eigenvalue weighted by Crippen LogP contribution is -1.91. The molecule has 0 heterocycles. The van der Waals surface area contributed by atoms with E-state index in [0.717, 1.165) is 0 Å². The van der Waals surface area contributed by atoms with Crippen molar-refractivity contribution in [3.63, 3.8) is 0 Å². The molecule has 0 atom stereocenters. The van der Waals surface area contributed by atoms with Crippen molar-refractivity contribution in [3.8, 4) is 11.5 Å². The first-order valence-electron chi connectivity index (χ1n) is 5.88. The van der Waals surface area contributed by atoms with Crippen molar-refractivity contribution < 1.29 is 23.4 Å². The molecule has 0 bridgehead atoms. The van der Waals surface area contributed by atoms with Gasteiger partial charge in [0.1, 0.15) is 31.5 Å². The van der Waals surface area contributed by atoms with Gasteiger partial charge in [-0.15, -0.1) is 0 Å². The van der Waals surface area contributed by atoms with Crippen molar-refractivity contribution in [1.82, 2.24) is 0 Å². The summed E-state index contributed by atoms with van der Waals surface area (Å²) in [5.74, 6) is -0.0929. The molecule has 0 aliphatic heterocycles. The van der Waals surface area contributed by atoms with Gasteiger partial charge in [0.15, 0.2) is 0 Å². The van der Waals surface area contributed by atoms with Gasteiger partial charge < -0.3 is 10.2 Å². The van der Waals surface area contributed by atoms with E-state index in [1.54, 1.807) is 24.3 Å². The Morgan fingerprint density at radius 2 is 1.25 bits per heavy atom. The third kappa shape index (κ3) is 4.50. The molecule has 0 aromatic heterocycles. The highest BCUT2D eigenvalue weighted by atomic mass is 19.1. The van der Waals surface area contributed by atoms with Crippen molar-refractivity contribution in [1.29, 1.82) is 0 Å². The van der Waals surface area contributed by atoms with Crippen molar-refractivity contribution >= 4 is 0 Å². The third-order valence-corrected chi connectivity index (χ3v) is 2.53. The molecular weight excluding hydrogens is 269 g/mol. The van der Waals surface area contributed by atoms with Crippen LogP contribution < -0.4 is 0 Å². The van der Waals surface area contributed by atoms with Crippen LogP contribution >= 0.6 is 0 Å². The Bertz CT molecular complexity index is 505. The van der Waals surface area contributed by atoms with Crippen LogP contribution in [0.4, 0.5) is 13.2 Å². The Morgan fingerprint density at radius 3 is 1.55 bits per heavy atom. The molecule has 2 nitrogen and oxygen atoms in total. The molecule has 0 radical (unpaired) electrons. The van der Waals surface area contributed by atoms with E-state index in [1.165, 1.54) is 12.1 Å². The summed E-state index contributed by atoms with van der Waals surface area (Å²) < 4.78 is 36.6. The molecule has 0 aliphatic rings. The van der Waals surface area contributed by atoms with Crippen LogP contribution in [-0.2, 0) is 20.0 Å². The Labute approximate surface area is 115 Å². The quantitative estimate of drug-likeness (QED) is 0.887. The molecule has 0 aliphatic carbocycles. The van der Waals surface area contributed by atoms with Crippen LogP contribution in [0.15, 0.2) is 42.5 Å². The molecule has 2 N–H and O–H groups in total. The summed E-state index contributed by atoms with van der Waals surface area (Å²) in [6.07, 6.45) is 0. The number of hydrogen-bond donors (Lipinski definition) is 2. The van der Waals surface area contributed by atoms with Gasteiger partial charge in [-0.2, -0.15) is 0 Å². The normalized spacial score (nSPS) is 9.75. The van der Waals surface area contributed by atoms with Crippen LogP contribution in [0.5, 0.6) is 11.5 Å². The monoisotopic (exact) mass is 284 g/mol. The molecule has 5 heteroatoms. The van der Waals surface area contributed by atoms with Crippen molar-refractivity contribution in [2.45, 2.75) is 20.0 Å². The van der Waals surface area contributed by atoms with E-state index >= 15 is 0 Å². The van der Waals surface area contributed by atoms with E-state index < -0.39 is 25.8 Å². The lowest BCUT2D eigenvalue weighted by molar-refractivity contribution is 0.407.